The molecule has 2 amide bonds. The SMILES string of the molecule is CC(=O)NCCCc1nc2ccccc2n1CC(=O)Nc1ccc(C)cc1C. The van der Waals surface area contributed by atoms with Gasteiger partial charge in [-0.05, 0) is 44.0 Å². The highest BCUT2D eigenvalue weighted by molar-refractivity contribution is 5.92. The first-order chi connectivity index (χ1) is 13.4. The maximum absolute atomic E-state index is 12.7. The number of hydrogen-bond acceptors (Lipinski definition) is 3. The van der Waals surface area contributed by atoms with Crippen LogP contribution >= 0.6 is 0 Å². The molecule has 1 heterocycles. The summed E-state index contributed by atoms with van der Waals surface area (Å²) in [6, 6.07) is 13.8. The lowest BCUT2D eigenvalue weighted by molar-refractivity contribution is -0.119. The lowest BCUT2D eigenvalue weighted by Crippen LogP contribution is -2.23. The molecule has 0 aliphatic rings. The Bertz CT molecular complexity index is 1010. The van der Waals surface area contributed by atoms with Crippen LogP contribution in [0.1, 0.15) is 30.3 Å². The third-order valence-corrected chi connectivity index (χ3v) is 4.64. The van der Waals surface area contributed by atoms with Gasteiger partial charge in [0.15, 0.2) is 0 Å². The number of hydrogen-bond donors (Lipinski definition) is 2. The van der Waals surface area contributed by atoms with Gasteiger partial charge in [-0.25, -0.2) is 4.98 Å². The van der Waals surface area contributed by atoms with Gasteiger partial charge in [0.05, 0.1) is 11.0 Å². The number of nitrogens with one attached hydrogen (secondary N) is 2. The van der Waals surface area contributed by atoms with Crippen LogP contribution in [0.2, 0.25) is 0 Å². The Morgan fingerprint density at radius 3 is 2.64 bits per heavy atom. The Hall–Kier alpha value is -3.15. The van der Waals surface area contributed by atoms with Crippen molar-refractivity contribution in [1.82, 2.24) is 14.9 Å². The van der Waals surface area contributed by atoms with Crippen LogP contribution in [-0.4, -0.2) is 27.9 Å². The van der Waals surface area contributed by atoms with Gasteiger partial charge in [-0.15, -0.1) is 0 Å². The minimum atomic E-state index is -0.0850. The van der Waals surface area contributed by atoms with Crippen LogP contribution in [0.25, 0.3) is 11.0 Å². The third-order valence-electron chi connectivity index (χ3n) is 4.64. The molecule has 3 aromatic rings. The average Bonchev–Trinajstić information content (AvgIpc) is 2.98. The van der Waals surface area contributed by atoms with E-state index in [1.807, 2.05) is 54.8 Å². The molecule has 0 saturated carbocycles. The highest BCUT2D eigenvalue weighted by Gasteiger charge is 2.14. The molecule has 28 heavy (non-hydrogen) atoms. The van der Waals surface area contributed by atoms with Crippen LogP contribution in [0.15, 0.2) is 42.5 Å². The molecule has 0 spiro atoms. The number of aryl methyl sites for hydroxylation is 3. The summed E-state index contributed by atoms with van der Waals surface area (Å²) in [5.41, 5.74) is 4.84. The molecule has 6 heteroatoms. The number of nitrogens with zero attached hydrogens (tertiary/aromatic N) is 2. The normalized spacial score (nSPS) is 10.8. The molecule has 6 nitrogen and oxygen atoms in total. The van der Waals surface area contributed by atoms with Gasteiger partial charge in [-0.1, -0.05) is 29.8 Å². The van der Waals surface area contributed by atoms with Crippen LogP contribution in [0.5, 0.6) is 0 Å². The van der Waals surface area contributed by atoms with Crippen LogP contribution in [0.3, 0.4) is 0 Å². The summed E-state index contributed by atoms with van der Waals surface area (Å²) in [6.45, 7) is 6.31. The zero-order valence-corrected chi connectivity index (χ0v) is 16.6. The minimum absolute atomic E-state index is 0.0404. The first kappa shape index (κ1) is 19.6. The van der Waals surface area contributed by atoms with E-state index in [2.05, 4.69) is 21.7 Å². The molecule has 0 fully saturated rings. The number of imidazole rings is 1. The zero-order chi connectivity index (χ0) is 20.1. The molecule has 146 valence electrons. The Labute approximate surface area is 165 Å². The molecule has 0 aliphatic carbocycles. The van der Waals surface area contributed by atoms with E-state index in [9.17, 15) is 9.59 Å². The van der Waals surface area contributed by atoms with Crippen molar-refractivity contribution in [2.75, 3.05) is 11.9 Å². The molecule has 0 saturated heterocycles. The van der Waals surface area contributed by atoms with Gasteiger partial charge in [0.2, 0.25) is 11.8 Å². The second-order valence-corrected chi connectivity index (χ2v) is 7.06. The number of anilines is 1. The lowest BCUT2D eigenvalue weighted by atomic mass is 10.1. The zero-order valence-electron chi connectivity index (χ0n) is 16.6. The van der Waals surface area contributed by atoms with Crippen LogP contribution in [0.4, 0.5) is 5.69 Å². The molecule has 2 aromatic carbocycles. The van der Waals surface area contributed by atoms with E-state index in [0.29, 0.717) is 13.0 Å². The number of benzene rings is 2. The summed E-state index contributed by atoms with van der Waals surface area (Å²) in [6.07, 6.45) is 1.45. The van der Waals surface area contributed by atoms with E-state index in [1.165, 1.54) is 6.92 Å². The summed E-state index contributed by atoms with van der Waals surface area (Å²) < 4.78 is 1.96. The molecule has 0 atom stereocenters. The lowest BCUT2D eigenvalue weighted by Gasteiger charge is -2.12. The summed E-state index contributed by atoms with van der Waals surface area (Å²) in [5, 5.41) is 5.80. The highest BCUT2D eigenvalue weighted by atomic mass is 16.2. The number of carbonyl (C=O) groups is 2. The maximum Gasteiger partial charge on any atom is 0.244 e. The third kappa shape index (κ3) is 4.76. The van der Waals surface area contributed by atoms with Crippen LogP contribution in [0, 0.1) is 13.8 Å². The van der Waals surface area contributed by atoms with Gasteiger partial charge in [0.1, 0.15) is 12.4 Å². The second kappa shape index (κ2) is 8.69. The van der Waals surface area contributed by atoms with E-state index in [4.69, 9.17) is 0 Å². The second-order valence-electron chi connectivity index (χ2n) is 7.06. The smallest absolute Gasteiger partial charge is 0.244 e. The van der Waals surface area contributed by atoms with Gasteiger partial charge in [0, 0.05) is 25.6 Å². The Balaban J connectivity index is 1.77. The van der Waals surface area contributed by atoms with Crippen LogP contribution < -0.4 is 10.6 Å². The maximum atomic E-state index is 12.7. The molecule has 0 bridgehead atoms. The van der Waals surface area contributed by atoms with Crippen LogP contribution in [-0.2, 0) is 22.6 Å². The minimum Gasteiger partial charge on any atom is -0.356 e. The predicted octanol–water partition coefficient (Wildman–Crippen LogP) is 3.36. The highest BCUT2D eigenvalue weighted by Crippen LogP contribution is 2.19. The number of rotatable bonds is 7. The van der Waals surface area contributed by atoms with E-state index in [1.54, 1.807) is 0 Å². The van der Waals surface area contributed by atoms with E-state index in [-0.39, 0.29) is 18.4 Å². The van der Waals surface area contributed by atoms with Gasteiger partial charge >= 0.3 is 0 Å². The fourth-order valence-corrected chi connectivity index (χ4v) is 3.29. The standard InChI is InChI=1S/C22H26N4O2/c1-15-10-11-18(16(2)13-15)25-22(28)14-26-20-8-5-4-7-19(20)24-21(26)9-6-12-23-17(3)27/h4-5,7-8,10-11,13H,6,9,12,14H2,1-3H3,(H,23,27)(H,25,28). The van der Waals surface area contributed by atoms with E-state index >= 15 is 0 Å². The molecule has 1 aromatic heterocycles. The number of aromatic nitrogens is 2. The molecule has 0 aliphatic heterocycles. The number of amides is 2. The number of para-hydroxylation sites is 2. The Morgan fingerprint density at radius 2 is 1.89 bits per heavy atom. The van der Waals surface area contributed by atoms with Crippen molar-refractivity contribution in [3.8, 4) is 0 Å². The van der Waals surface area contributed by atoms with Crippen molar-refractivity contribution in [2.24, 2.45) is 0 Å². The fraction of sp³-hybridized carbons (Fsp3) is 0.318. The molecule has 0 radical (unpaired) electrons. The Morgan fingerprint density at radius 1 is 1.11 bits per heavy atom. The summed E-state index contributed by atoms with van der Waals surface area (Å²) in [7, 11) is 0. The van der Waals surface area contributed by atoms with Gasteiger partial charge in [-0.2, -0.15) is 0 Å². The fourth-order valence-electron chi connectivity index (χ4n) is 3.29. The summed E-state index contributed by atoms with van der Waals surface area (Å²) >= 11 is 0. The molecule has 0 unspecified atom stereocenters. The number of fused-ring (bicyclic) bond motifs is 1. The van der Waals surface area contributed by atoms with Crippen molar-refractivity contribution in [3.05, 3.63) is 59.4 Å². The quantitative estimate of drug-likeness (QED) is 0.619. The largest absolute Gasteiger partial charge is 0.356 e. The topological polar surface area (TPSA) is 76.0 Å². The molecular formula is C22H26N4O2. The van der Waals surface area contributed by atoms with Crippen molar-refractivity contribution in [1.29, 1.82) is 0 Å². The monoisotopic (exact) mass is 378 g/mol. The van der Waals surface area contributed by atoms with E-state index in [0.717, 1.165) is 40.1 Å². The van der Waals surface area contributed by atoms with Crippen molar-refractivity contribution < 1.29 is 9.59 Å². The first-order valence-corrected chi connectivity index (χ1v) is 9.49. The number of carbonyl (C=O) groups excluding carboxylic acids is 2. The first-order valence-electron chi connectivity index (χ1n) is 9.49. The van der Waals surface area contributed by atoms with Gasteiger partial charge < -0.3 is 15.2 Å². The summed E-state index contributed by atoms with van der Waals surface area (Å²) in [4.78, 5) is 28.4. The molecular weight excluding hydrogens is 352 g/mol. The van der Waals surface area contributed by atoms with E-state index < -0.39 is 0 Å². The Kier molecular flexibility index (Phi) is 6.09. The predicted molar refractivity (Wildman–Crippen MR) is 111 cm³/mol. The molecule has 3 rings (SSSR count). The molecule has 2 N–H and O–H groups in total. The van der Waals surface area contributed by atoms with Crippen molar-refractivity contribution in [3.63, 3.8) is 0 Å². The van der Waals surface area contributed by atoms with Crippen molar-refractivity contribution >= 4 is 28.5 Å². The van der Waals surface area contributed by atoms with Gasteiger partial charge in [0.25, 0.3) is 0 Å². The summed E-state index contributed by atoms with van der Waals surface area (Å²) in [5.74, 6) is 0.724. The average molecular weight is 378 g/mol. The van der Waals surface area contributed by atoms with Gasteiger partial charge in [-0.3, -0.25) is 9.59 Å². The van der Waals surface area contributed by atoms with Crippen molar-refractivity contribution in [2.45, 2.75) is 40.2 Å².